The fourth-order valence-electron chi connectivity index (χ4n) is 3.39. The highest BCUT2D eigenvalue weighted by molar-refractivity contribution is 7.16. The zero-order chi connectivity index (χ0) is 16.7. The molecule has 0 unspecified atom stereocenters. The molecule has 24 heavy (non-hydrogen) atoms. The average molecular weight is 343 g/mol. The highest BCUT2D eigenvalue weighted by atomic mass is 32.1. The molecule has 0 bridgehead atoms. The first-order valence-electron chi connectivity index (χ1n) is 8.36. The summed E-state index contributed by atoms with van der Waals surface area (Å²) in [4.78, 5) is 25.1. The van der Waals surface area contributed by atoms with E-state index in [0.29, 0.717) is 6.54 Å². The van der Waals surface area contributed by atoms with E-state index < -0.39 is 0 Å². The van der Waals surface area contributed by atoms with Crippen molar-refractivity contribution in [2.75, 3.05) is 13.1 Å². The fourth-order valence-corrected chi connectivity index (χ4v) is 4.32. The summed E-state index contributed by atoms with van der Waals surface area (Å²) in [5, 5.41) is 2.82. The summed E-state index contributed by atoms with van der Waals surface area (Å²) in [7, 11) is 0. The molecular weight excluding hydrogens is 322 g/mol. The number of aryl methyl sites for hydroxylation is 2. The lowest BCUT2D eigenvalue weighted by Gasteiger charge is -2.19. The zero-order valence-electron chi connectivity index (χ0n) is 14.0. The molecule has 3 aromatic heterocycles. The van der Waals surface area contributed by atoms with Crippen molar-refractivity contribution in [1.82, 2.24) is 24.0 Å². The maximum absolute atomic E-state index is 12.8. The first-order valence-corrected chi connectivity index (χ1v) is 9.24. The molecule has 0 atom stereocenters. The van der Waals surface area contributed by atoms with Gasteiger partial charge < -0.3 is 4.57 Å². The van der Waals surface area contributed by atoms with Crippen LogP contribution in [0, 0.1) is 6.92 Å². The molecule has 126 valence electrons. The summed E-state index contributed by atoms with van der Waals surface area (Å²) in [6, 6.07) is 0. The van der Waals surface area contributed by atoms with E-state index in [2.05, 4.69) is 21.4 Å². The molecule has 0 N–H and O–H groups in total. The van der Waals surface area contributed by atoms with Crippen LogP contribution in [0.5, 0.6) is 0 Å². The second kappa shape index (κ2) is 6.14. The van der Waals surface area contributed by atoms with Gasteiger partial charge in [-0.3, -0.25) is 14.3 Å². The van der Waals surface area contributed by atoms with Gasteiger partial charge in [0.25, 0.3) is 5.56 Å². The first-order chi connectivity index (χ1) is 11.7. The molecule has 0 aromatic carbocycles. The number of hydrogen-bond acceptors (Lipinski definition) is 5. The second-order valence-corrected chi connectivity index (χ2v) is 7.14. The molecule has 0 saturated heterocycles. The Morgan fingerprint density at radius 3 is 3.00 bits per heavy atom. The van der Waals surface area contributed by atoms with Gasteiger partial charge in [0.05, 0.1) is 17.4 Å². The van der Waals surface area contributed by atoms with E-state index in [9.17, 15) is 4.79 Å². The molecule has 4 heterocycles. The van der Waals surface area contributed by atoms with Crippen LogP contribution in [-0.4, -0.2) is 37.1 Å². The predicted octanol–water partition coefficient (Wildman–Crippen LogP) is 2.04. The van der Waals surface area contributed by atoms with Crippen molar-refractivity contribution < 1.29 is 0 Å². The Kier molecular flexibility index (Phi) is 3.97. The van der Waals surface area contributed by atoms with Crippen molar-refractivity contribution in [3.8, 4) is 0 Å². The van der Waals surface area contributed by atoms with E-state index >= 15 is 0 Å². The van der Waals surface area contributed by atoms with Gasteiger partial charge in [0, 0.05) is 45.3 Å². The summed E-state index contributed by atoms with van der Waals surface area (Å²) < 4.78 is 4.04. The Labute approximate surface area is 144 Å². The lowest BCUT2D eigenvalue weighted by Crippen LogP contribution is -2.29. The van der Waals surface area contributed by atoms with Gasteiger partial charge in [-0.2, -0.15) is 0 Å². The highest BCUT2D eigenvalue weighted by Gasteiger charge is 2.19. The smallest absolute Gasteiger partial charge is 0.262 e. The van der Waals surface area contributed by atoms with Crippen LogP contribution in [0.15, 0.2) is 22.7 Å². The lowest BCUT2D eigenvalue weighted by molar-refractivity contribution is 0.264. The van der Waals surface area contributed by atoms with Gasteiger partial charge in [-0.15, -0.1) is 11.3 Å². The van der Waals surface area contributed by atoms with E-state index in [1.165, 1.54) is 5.69 Å². The molecular formula is C17H21N5OS. The second-order valence-electron chi connectivity index (χ2n) is 6.28. The van der Waals surface area contributed by atoms with Crippen LogP contribution < -0.4 is 5.56 Å². The summed E-state index contributed by atoms with van der Waals surface area (Å²) in [5.74, 6) is 0.917. The van der Waals surface area contributed by atoms with Gasteiger partial charge >= 0.3 is 0 Å². The Morgan fingerprint density at radius 1 is 1.29 bits per heavy atom. The molecule has 0 radical (unpaired) electrons. The van der Waals surface area contributed by atoms with Crippen LogP contribution >= 0.6 is 11.3 Å². The van der Waals surface area contributed by atoms with E-state index in [4.69, 9.17) is 4.98 Å². The maximum Gasteiger partial charge on any atom is 0.262 e. The van der Waals surface area contributed by atoms with Gasteiger partial charge in [0.15, 0.2) is 0 Å². The van der Waals surface area contributed by atoms with Gasteiger partial charge in [-0.05, 0) is 24.8 Å². The minimum Gasteiger partial charge on any atom is -0.334 e. The van der Waals surface area contributed by atoms with E-state index in [1.54, 1.807) is 11.3 Å². The van der Waals surface area contributed by atoms with Crippen molar-refractivity contribution in [1.29, 1.82) is 0 Å². The summed E-state index contributed by atoms with van der Waals surface area (Å²) in [5.41, 5.74) is 2.38. The van der Waals surface area contributed by atoms with Gasteiger partial charge in [0.2, 0.25) is 0 Å². The van der Waals surface area contributed by atoms with Gasteiger partial charge in [-0.25, -0.2) is 9.97 Å². The molecule has 1 aliphatic heterocycles. The molecule has 1 aliphatic rings. The monoisotopic (exact) mass is 343 g/mol. The van der Waals surface area contributed by atoms with Crippen LogP contribution in [-0.2, 0) is 26.1 Å². The SMILES string of the molecule is CCn1cncc1CN1CCc2nc3scc(C)c3c(=O)n2CC1. The summed E-state index contributed by atoms with van der Waals surface area (Å²) in [6.07, 6.45) is 4.62. The summed E-state index contributed by atoms with van der Waals surface area (Å²) in [6.45, 7) is 8.39. The normalized spacial score (nSPS) is 15.6. The fraction of sp³-hybridized carbons (Fsp3) is 0.471. The minimum absolute atomic E-state index is 0.120. The quantitative estimate of drug-likeness (QED) is 0.730. The van der Waals surface area contributed by atoms with E-state index in [-0.39, 0.29) is 5.56 Å². The number of hydrogen-bond donors (Lipinski definition) is 0. The molecule has 0 spiro atoms. The molecule has 7 heteroatoms. The minimum atomic E-state index is 0.120. The van der Waals surface area contributed by atoms with Crippen molar-refractivity contribution >= 4 is 21.6 Å². The highest BCUT2D eigenvalue weighted by Crippen LogP contribution is 2.21. The number of thiophene rings is 1. The standard InChI is InChI=1S/C17H21N5OS/c1-3-21-11-18-8-13(21)9-20-5-4-14-19-16-15(12(2)10-24-16)17(23)22(14)7-6-20/h8,10-11H,3-7,9H2,1-2H3. The molecule has 0 fully saturated rings. The maximum atomic E-state index is 12.8. The van der Waals surface area contributed by atoms with Gasteiger partial charge in [0.1, 0.15) is 10.7 Å². The van der Waals surface area contributed by atoms with Crippen molar-refractivity contribution in [2.45, 2.75) is 39.9 Å². The predicted molar refractivity (Wildman–Crippen MR) is 95.5 cm³/mol. The van der Waals surface area contributed by atoms with Gasteiger partial charge in [-0.1, -0.05) is 0 Å². The average Bonchev–Trinajstić information content (AvgIpc) is 3.11. The number of imidazole rings is 1. The molecule has 4 rings (SSSR count). The number of aromatic nitrogens is 4. The van der Waals surface area contributed by atoms with Crippen LogP contribution in [0.3, 0.4) is 0 Å². The Hall–Kier alpha value is -1.99. The first kappa shape index (κ1) is 15.5. The van der Waals surface area contributed by atoms with Crippen LogP contribution in [0.4, 0.5) is 0 Å². The topological polar surface area (TPSA) is 56.0 Å². The van der Waals surface area contributed by atoms with Crippen LogP contribution in [0.2, 0.25) is 0 Å². The van der Waals surface area contributed by atoms with Crippen LogP contribution in [0.1, 0.15) is 24.0 Å². The van der Waals surface area contributed by atoms with E-state index in [0.717, 1.165) is 54.2 Å². The Balaban J connectivity index is 1.61. The van der Waals surface area contributed by atoms with Crippen LogP contribution in [0.25, 0.3) is 10.2 Å². The van der Waals surface area contributed by atoms with E-state index in [1.807, 2.05) is 29.4 Å². The third-order valence-electron chi connectivity index (χ3n) is 4.77. The van der Waals surface area contributed by atoms with Crippen molar-refractivity contribution in [2.24, 2.45) is 0 Å². The Morgan fingerprint density at radius 2 is 2.17 bits per heavy atom. The molecule has 0 amide bonds. The molecule has 6 nitrogen and oxygen atoms in total. The number of rotatable bonds is 3. The van der Waals surface area contributed by atoms with Crippen molar-refractivity contribution in [3.63, 3.8) is 0 Å². The lowest BCUT2D eigenvalue weighted by atomic mass is 10.2. The Bertz CT molecular complexity index is 938. The van der Waals surface area contributed by atoms with Crippen molar-refractivity contribution in [3.05, 3.63) is 45.3 Å². The largest absolute Gasteiger partial charge is 0.334 e. The summed E-state index contributed by atoms with van der Waals surface area (Å²) >= 11 is 1.57. The third-order valence-corrected chi connectivity index (χ3v) is 5.76. The zero-order valence-corrected chi connectivity index (χ0v) is 14.8. The number of fused-ring (bicyclic) bond motifs is 2. The third kappa shape index (κ3) is 2.57. The molecule has 0 saturated carbocycles. The number of nitrogens with zero attached hydrogens (tertiary/aromatic N) is 5. The molecule has 3 aromatic rings. The molecule has 0 aliphatic carbocycles.